The van der Waals surface area contributed by atoms with E-state index in [1.807, 2.05) is 0 Å². The molecule has 0 aliphatic heterocycles. The molecule has 0 aromatic heterocycles. The molecule has 3 heteroatoms. The molecule has 0 amide bonds. The van der Waals surface area contributed by atoms with Gasteiger partial charge in [0.15, 0.2) is 0 Å². The van der Waals surface area contributed by atoms with Gasteiger partial charge in [-0.05, 0) is 26.7 Å². The average Bonchev–Trinajstić information content (AvgIpc) is 1.80. The van der Waals surface area contributed by atoms with E-state index in [4.69, 9.17) is 5.11 Å². The summed E-state index contributed by atoms with van der Waals surface area (Å²) in [4.78, 5) is 22.2. The van der Waals surface area contributed by atoms with Crippen molar-refractivity contribution in [1.29, 1.82) is 0 Å². The number of rotatable bonds is 4. The van der Waals surface area contributed by atoms with Crippen molar-refractivity contribution >= 4 is 11.8 Å². The summed E-state index contributed by atoms with van der Waals surface area (Å²) in [6.45, 7) is 3.21. The largest absolute Gasteiger partial charge is 0.481 e. The van der Waals surface area contributed by atoms with E-state index < -0.39 is 11.4 Å². The van der Waals surface area contributed by atoms with Gasteiger partial charge < -0.3 is 5.11 Å². The van der Waals surface area contributed by atoms with Crippen LogP contribution in [0.1, 0.15) is 39.5 Å². The molecule has 0 heterocycles. The molecular formula is C10H16O3. The van der Waals surface area contributed by atoms with Crippen LogP contribution in [0.4, 0.5) is 0 Å². The maximum absolute atomic E-state index is 11.5. The van der Waals surface area contributed by atoms with Crippen molar-refractivity contribution in [2.24, 2.45) is 11.3 Å². The van der Waals surface area contributed by atoms with E-state index in [0.29, 0.717) is 0 Å². The summed E-state index contributed by atoms with van der Waals surface area (Å²) >= 11 is 0. The molecule has 0 radical (unpaired) electrons. The highest BCUT2D eigenvalue weighted by molar-refractivity contribution is 5.87. The van der Waals surface area contributed by atoms with Crippen molar-refractivity contribution in [2.75, 3.05) is 0 Å². The van der Waals surface area contributed by atoms with Gasteiger partial charge in [0, 0.05) is 12.3 Å². The van der Waals surface area contributed by atoms with Crippen LogP contribution in [0.25, 0.3) is 0 Å². The zero-order valence-corrected chi connectivity index (χ0v) is 8.17. The Kier molecular flexibility index (Phi) is 2.74. The maximum Gasteiger partial charge on any atom is 0.309 e. The molecule has 13 heavy (non-hydrogen) atoms. The summed E-state index contributed by atoms with van der Waals surface area (Å²) in [6, 6.07) is 0. The Morgan fingerprint density at radius 1 is 1.38 bits per heavy atom. The highest BCUT2D eigenvalue weighted by atomic mass is 16.4. The molecule has 1 N–H and O–H groups in total. The summed E-state index contributed by atoms with van der Waals surface area (Å²) in [5.41, 5.74) is -0.896. The predicted octanol–water partition coefficient (Wildman–Crippen LogP) is 1.86. The summed E-state index contributed by atoms with van der Waals surface area (Å²) in [7, 11) is 0. The quantitative estimate of drug-likeness (QED) is 0.725. The molecule has 0 aromatic rings. The van der Waals surface area contributed by atoms with Gasteiger partial charge in [0.05, 0.1) is 5.41 Å². The van der Waals surface area contributed by atoms with Crippen LogP contribution < -0.4 is 0 Å². The first-order chi connectivity index (χ1) is 5.93. The smallest absolute Gasteiger partial charge is 0.309 e. The molecule has 1 fully saturated rings. The Bertz CT molecular complexity index is 226. The van der Waals surface area contributed by atoms with E-state index in [-0.39, 0.29) is 18.1 Å². The molecule has 74 valence electrons. The molecule has 0 bridgehead atoms. The van der Waals surface area contributed by atoms with E-state index in [2.05, 4.69) is 0 Å². The molecule has 0 saturated heterocycles. The van der Waals surface area contributed by atoms with Crippen molar-refractivity contribution in [3.8, 4) is 0 Å². The molecule has 1 rings (SSSR count). The standard InChI is InChI=1S/C10H16O3/c1-10(2,9(12)13)6-8(11)7-4-3-5-7/h7H,3-6H2,1-2H3,(H,12,13). The molecule has 1 aliphatic carbocycles. The van der Waals surface area contributed by atoms with Gasteiger partial charge in [0.1, 0.15) is 5.78 Å². The number of carbonyl (C=O) groups is 2. The minimum absolute atomic E-state index is 0.124. The highest BCUT2D eigenvalue weighted by Gasteiger charge is 2.34. The van der Waals surface area contributed by atoms with E-state index in [1.54, 1.807) is 13.8 Å². The molecule has 0 aromatic carbocycles. The van der Waals surface area contributed by atoms with E-state index >= 15 is 0 Å². The number of carbonyl (C=O) groups excluding carboxylic acids is 1. The lowest BCUT2D eigenvalue weighted by Gasteiger charge is -2.27. The van der Waals surface area contributed by atoms with Gasteiger partial charge in [-0.25, -0.2) is 0 Å². The number of aliphatic carboxylic acids is 1. The predicted molar refractivity (Wildman–Crippen MR) is 48.4 cm³/mol. The third kappa shape index (κ3) is 2.29. The highest BCUT2D eigenvalue weighted by Crippen LogP contribution is 2.32. The second kappa shape index (κ2) is 3.48. The minimum atomic E-state index is -0.896. The van der Waals surface area contributed by atoms with Crippen molar-refractivity contribution < 1.29 is 14.7 Å². The third-order valence-corrected chi connectivity index (χ3v) is 2.76. The van der Waals surface area contributed by atoms with Crippen LogP contribution in [-0.2, 0) is 9.59 Å². The summed E-state index contributed by atoms with van der Waals surface area (Å²) < 4.78 is 0. The lowest BCUT2D eigenvalue weighted by atomic mass is 9.76. The Labute approximate surface area is 78.1 Å². The first kappa shape index (κ1) is 10.2. The van der Waals surface area contributed by atoms with Crippen LogP contribution in [0, 0.1) is 11.3 Å². The maximum atomic E-state index is 11.5. The lowest BCUT2D eigenvalue weighted by Crippen LogP contribution is -2.31. The first-order valence-electron chi connectivity index (χ1n) is 4.69. The Balaban J connectivity index is 2.46. The van der Waals surface area contributed by atoms with Crippen molar-refractivity contribution in [1.82, 2.24) is 0 Å². The number of carboxylic acid groups (broad SMARTS) is 1. The van der Waals surface area contributed by atoms with Crippen LogP contribution in [0.3, 0.4) is 0 Å². The Morgan fingerprint density at radius 3 is 2.23 bits per heavy atom. The summed E-state index contributed by atoms with van der Waals surface area (Å²) in [5.74, 6) is -0.613. The van der Waals surface area contributed by atoms with Gasteiger partial charge >= 0.3 is 5.97 Å². The van der Waals surface area contributed by atoms with Crippen molar-refractivity contribution in [2.45, 2.75) is 39.5 Å². The molecule has 0 atom stereocenters. The van der Waals surface area contributed by atoms with Gasteiger partial charge in [0.2, 0.25) is 0 Å². The molecular weight excluding hydrogens is 168 g/mol. The Morgan fingerprint density at radius 2 is 1.92 bits per heavy atom. The molecule has 0 unspecified atom stereocenters. The van der Waals surface area contributed by atoms with Crippen LogP contribution in [0.5, 0.6) is 0 Å². The zero-order valence-electron chi connectivity index (χ0n) is 8.17. The van der Waals surface area contributed by atoms with Crippen LogP contribution in [-0.4, -0.2) is 16.9 Å². The number of hydrogen-bond acceptors (Lipinski definition) is 2. The number of ketones is 1. The third-order valence-electron chi connectivity index (χ3n) is 2.76. The van der Waals surface area contributed by atoms with Crippen LogP contribution in [0.15, 0.2) is 0 Å². The Hall–Kier alpha value is -0.860. The fraction of sp³-hybridized carbons (Fsp3) is 0.800. The fourth-order valence-corrected chi connectivity index (χ4v) is 1.39. The molecule has 1 saturated carbocycles. The first-order valence-corrected chi connectivity index (χ1v) is 4.69. The molecule has 0 spiro atoms. The minimum Gasteiger partial charge on any atom is -0.481 e. The second-order valence-electron chi connectivity index (χ2n) is 4.46. The second-order valence-corrected chi connectivity index (χ2v) is 4.46. The van der Waals surface area contributed by atoms with Gasteiger partial charge in [0.25, 0.3) is 0 Å². The lowest BCUT2D eigenvalue weighted by molar-refractivity contribution is -0.150. The van der Waals surface area contributed by atoms with Crippen LogP contribution in [0.2, 0.25) is 0 Å². The zero-order chi connectivity index (χ0) is 10.1. The number of Topliss-reactive ketones (excluding diaryl/α,β-unsaturated/α-hetero) is 1. The van der Waals surface area contributed by atoms with Gasteiger partial charge in [-0.3, -0.25) is 9.59 Å². The molecule has 1 aliphatic rings. The van der Waals surface area contributed by atoms with E-state index in [1.165, 1.54) is 0 Å². The van der Waals surface area contributed by atoms with Gasteiger partial charge in [-0.15, -0.1) is 0 Å². The normalized spacial score (nSPS) is 18.0. The van der Waals surface area contributed by atoms with E-state index in [0.717, 1.165) is 19.3 Å². The monoisotopic (exact) mass is 184 g/mol. The number of carboxylic acids is 1. The van der Waals surface area contributed by atoms with Crippen molar-refractivity contribution in [3.05, 3.63) is 0 Å². The summed E-state index contributed by atoms with van der Waals surface area (Å²) in [5, 5.41) is 8.81. The van der Waals surface area contributed by atoms with Gasteiger partial charge in [-0.2, -0.15) is 0 Å². The van der Waals surface area contributed by atoms with Crippen molar-refractivity contribution in [3.63, 3.8) is 0 Å². The molecule has 3 nitrogen and oxygen atoms in total. The summed E-state index contributed by atoms with van der Waals surface area (Å²) in [6.07, 6.45) is 3.19. The number of hydrogen-bond donors (Lipinski definition) is 1. The topological polar surface area (TPSA) is 54.4 Å². The fourth-order valence-electron chi connectivity index (χ4n) is 1.39. The average molecular weight is 184 g/mol. The van der Waals surface area contributed by atoms with E-state index in [9.17, 15) is 9.59 Å². The SMILES string of the molecule is CC(C)(CC(=O)C1CCC1)C(=O)O. The van der Waals surface area contributed by atoms with Crippen LogP contribution >= 0.6 is 0 Å². The van der Waals surface area contributed by atoms with Gasteiger partial charge in [-0.1, -0.05) is 6.42 Å².